The van der Waals surface area contributed by atoms with Gasteiger partial charge in [0.25, 0.3) is 0 Å². The molecule has 1 aromatic carbocycles. The summed E-state index contributed by atoms with van der Waals surface area (Å²) in [6.45, 7) is 3.06. The average Bonchev–Trinajstić information content (AvgIpc) is 2.83. The van der Waals surface area contributed by atoms with Crippen LogP contribution >= 0.6 is 11.3 Å². The number of likely N-dealkylation sites (tertiary alicyclic amines) is 1. The monoisotopic (exact) mass is 303 g/mol. The van der Waals surface area contributed by atoms with Crippen molar-refractivity contribution in [2.24, 2.45) is 5.92 Å². The SMILES string of the molecule is CC1CCCN(Cc2c(C(=O)O)sc3ccccc23)C1=O. The van der Waals surface area contributed by atoms with Crippen LogP contribution in [0.25, 0.3) is 10.1 Å². The fourth-order valence-corrected chi connectivity index (χ4v) is 3.96. The summed E-state index contributed by atoms with van der Waals surface area (Å²) in [5.74, 6) is -0.742. The molecule has 3 rings (SSSR count). The Hall–Kier alpha value is -1.88. The third kappa shape index (κ3) is 2.53. The van der Waals surface area contributed by atoms with Gasteiger partial charge in [-0.3, -0.25) is 4.79 Å². The molecular weight excluding hydrogens is 286 g/mol. The van der Waals surface area contributed by atoms with E-state index >= 15 is 0 Å². The first-order valence-corrected chi connectivity index (χ1v) is 7.92. The smallest absolute Gasteiger partial charge is 0.346 e. The van der Waals surface area contributed by atoms with Gasteiger partial charge in [-0.15, -0.1) is 11.3 Å². The number of hydrogen-bond donors (Lipinski definition) is 1. The van der Waals surface area contributed by atoms with Crippen molar-refractivity contribution in [3.8, 4) is 0 Å². The Morgan fingerprint density at radius 3 is 2.95 bits per heavy atom. The molecule has 2 aromatic rings. The zero-order valence-corrected chi connectivity index (χ0v) is 12.7. The van der Waals surface area contributed by atoms with E-state index in [4.69, 9.17) is 0 Å². The van der Waals surface area contributed by atoms with E-state index in [0.29, 0.717) is 18.0 Å². The van der Waals surface area contributed by atoms with Crippen LogP contribution < -0.4 is 0 Å². The zero-order chi connectivity index (χ0) is 15.0. The maximum absolute atomic E-state index is 12.3. The quantitative estimate of drug-likeness (QED) is 0.946. The van der Waals surface area contributed by atoms with Gasteiger partial charge in [-0.1, -0.05) is 25.1 Å². The molecule has 1 fully saturated rings. The van der Waals surface area contributed by atoms with Crippen molar-refractivity contribution >= 4 is 33.3 Å². The molecule has 1 aliphatic heterocycles. The second-order valence-corrected chi connectivity index (χ2v) is 6.57. The number of carbonyl (C=O) groups is 2. The number of amides is 1. The molecule has 110 valence electrons. The van der Waals surface area contributed by atoms with Gasteiger partial charge in [0.1, 0.15) is 4.88 Å². The minimum absolute atomic E-state index is 0.0388. The van der Waals surface area contributed by atoms with E-state index in [1.54, 1.807) is 4.90 Å². The third-order valence-corrected chi connectivity index (χ3v) is 5.24. The van der Waals surface area contributed by atoms with Gasteiger partial charge in [0.05, 0.1) is 0 Å². The molecule has 4 nitrogen and oxygen atoms in total. The molecule has 0 aliphatic carbocycles. The summed E-state index contributed by atoms with van der Waals surface area (Å²) in [6.07, 6.45) is 1.91. The highest BCUT2D eigenvalue weighted by molar-refractivity contribution is 7.21. The first kappa shape index (κ1) is 14.1. The van der Waals surface area contributed by atoms with E-state index in [1.165, 1.54) is 11.3 Å². The van der Waals surface area contributed by atoms with Crippen molar-refractivity contribution in [1.82, 2.24) is 4.90 Å². The fraction of sp³-hybridized carbons (Fsp3) is 0.375. The summed E-state index contributed by atoms with van der Waals surface area (Å²) in [5, 5.41) is 10.4. The molecule has 1 N–H and O–H groups in total. The van der Waals surface area contributed by atoms with Gasteiger partial charge in [0.15, 0.2) is 0 Å². The van der Waals surface area contributed by atoms with Crippen molar-refractivity contribution in [2.45, 2.75) is 26.3 Å². The maximum Gasteiger partial charge on any atom is 0.346 e. The molecule has 1 aromatic heterocycles. The van der Waals surface area contributed by atoms with Crippen molar-refractivity contribution in [3.05, 3.63) is 34.7 Å². The van der Waals surface area contributed by atoms with Crippen molar-refractivity contribution in [2.75, 3.05) is 6.54 Å². The van der Waals surface area contributed by atoms with Crippen LogP contribution in [0.3, 0.4) is 0 Å². The Balaban J connectivity index is 2.01. The van der Waals surface area contributed by atoms with E-state index < -0.39 is 5.97 Å². The summed E-state index contributed by atoms with van der Waals surface area (Å²) in [7, 11) is 0. The van der Waals surface area contributed by atoms with Crippen LogP contribution in [0.1, 0.15) is 35.0 Å². The number of aromatic carboxylic acids is 1. The standard InChI is InChI=1S/C16H17NO3S/c1-10-5-4-8-17(15(10)18)9-12-11-6-2-3-7-13(11)21-14(12)16(19)20/h2-3,6-7,10H,4-5,8-9H2,1H3,(H,19,20). The number of thiophene rings is 1. The number of carboxylic acid groups (broad SMARTS) is 1. The van der Waals surface area contributed by atoms with E-state index in [-0.39, 0.29) is 11.8 Å². The molecule has 5 heteroatoms. The second kappa shape index (κ2) is 5.48. The molecular formula is C16H17NO3S. The van der Waals surface area contributed by atoms with Crippen LogP contribution in [0.2, 0.25) is 0 Å². The van der Waals surface area contributed by atoms with Crippen molar-refractivity contribution in [1.29, 1.82) is 0 Å². The molecule has 1 amide bonds. The number of carbonyl (C=O) groups excluding carboxylic acids is 1. The molecule has 2 heterocycles. The Kier molecular flexibility index (Phi) is 3.68. The first-order valence-electron chi connectivity index (χ1n) is 7.10. The highest BCUT2D eigenvalue weighted by Gasteiger charge is 2.27. The Morgan fingerprint density at radius 1 is 1.43 bits per heavy atom. The number of nitrogens with zero attached hydrogens (tertiary/aromatic N) is 1. The van der Waals surface area contributed by atoms with E-state index in [0.717, 1.165) is 28.5 Å². The van der Waals surface area contributed by atoms with Gasteiger partial charge in [0, 0.05) is 29.3 Å². The van der Waals surface area contributed by atoms with E-state index in [9.17, 15) is 14.7 Å². The van der Waals surface area contributed by atoms with Crippen LogP contribution in [0.4, 0.5) is 0 Å². The molecule has 1 aliphatic rings. The van der Waals surface area contributed by atoms with Gasteiger partial charge < -0.3 is 10.0 Å². The van der Waals surface area contributed by atoms with Gasteiger partial charge in [-0.2, -0.15) is 0 Å². The molecule has 21 heavy (non-hydrogen) atoms. The van der Waals surface area contributed by atoms with Crippen LogP contribution in [0.5, 0.6) is 0 Å². The van der Waals surface area contributed by atoms with Crippen molar-refractivity contribution in [3.63, 3.8) is 0 Å². The highest BCUT2D eigenvalue weighted by atomic mass is 32.1. The first-order chi connectivity index (χ1) is 10.1. The van der Waals surface area contributed by atoms with Crippen LogP contribution in [0.15, 0.2) is 24.3 Å². The largest absolute Gasteiger partial charge is 0.477 e. The molecule has 0 spiro atoms. The lowest BCUT2D eigenvalue weighted by Crippen LogP contribution is -2.39. The number of benzene rings is 1. The van der Waals surface area contributed by atoms with Crippen LogP contribution in [-0.2, 0) is 11.3 Å². The van der Waals surface area contributed by atoms with Crippen LogP contribution in [-0.4, -0.2) is 28.4 Å². The molecule has 0 saturated carbocycles. The van der Waals surface area contributed by atoms with E-state index in [2.05, 4.69) is 0 Å². The summed E-state index contributed by atoms with van der Waals surface area (Å²) in [4.78, 5) is 25.9. The number of piperidine rings is 1. The Labute approximate surface area is 127 Å². The Morgan fingerprint density at radius 2 is 2.19 bits per heavy atom. The molecule has 1 saturated heterocycles. The normalized spacial score (nSPS) is 19.2. The lowest BCUT2D eigenvalue weighted by atomic mass is 9.98. The second-order valence-electron chi connectivity index (χ2n) is 5.51. The topological polar surface area (TPSA) is 57.6 Å². The number of hydrogen-bond acceptors (Lipinski definition) is 3. The minimum Gasteiger partial charge on any atom is -0.477 e. The number of rotatable bonds is 3. The summed E-state index contributed by atoms with van der Waals surface area (Å²) >= 11 is 1.29. The average molecular weight is 303 g/mol. The van der Waals surface area contributed by atoms with E-state index in [1.807, 2.05) is 31.2 Å². The predicted octanol–water partition coefficient (Wildman–Crippen LogP) is 3.36. The zero-order valence-electron chi connectivity index (χ0n) is 11.8. The summed E-state index contributed by atoms with van der Waals surface area (Å²) < 4.78 is 0.961. The Bertz CT molecular complexity index is 707. The third-order valence-electron chi connectivity index (χ3n) is 4.04. The lowest BCUT2D eigenvalue weighted by Gasteiger charge is -2.30. The predicted molar refractivity (Wildman–Crippen MR) is 82.6 cm³/mol. The lowest BCUT2D eigenvalue weighted by molar-refractivity contribution is -0.138. The number of carboxylic acids is 1. The molecule has 0 bridgehead atoms. The van der Waals surface area contributed by atoms with Crippen LogP contribution in [0, 0.1) is 5.92 Å². The highest BCUT2D eigenvalue weighted by Crippen LogP contribution is 2.33. The van der Waals surface area contributed by atoms with Gasteiger partial charge in [-0.25, -0.2) is 4.79 Å². The van der Waals surface area contributed by atoms with Gasteiger partial charge in [0.2, 0.25) is 5.91 Å². The molecule has 0 radical (unpaired) electrons. The van der Waals surface area contributed by atoms with Gasteiger partial charge in [-0.05, 0) is 24.3 Å². The molecule has 1 unspecified atom stereocenters. The van der Waals surface area contributed by atoms with Gasteiger partial charge >= 0.3 is 5.97 Å². The summed E-state index contributed by atoms with van der Waals surface area (Å²) in [5.41, 5.74) is 0.769. The minimum atomic E-state index is -0.913. The fourth-order valence-electron chi connectivity index (χ4n) is 2.91. The maximum atomic E-state index is 12.3. The molecule has 1 atom stereocenters. The number of fused-ring (bicyclic) bond motifs is 1. The summed E-state index contributed by atoms with van der Waals surface area (Å²) in [6, 6.07) is 7.68. The van der Waals surface area contributed by atoms with Crippen molar-refractivity contribution < 1.29 is 14.7 Å².